The lowest BCUT2D eigenvalue weighted by atomic mass is 10.0. The third-order valence-corrected chi connectivity index (χ3v) is 5.53. The Balaban J connectivity index is 1.72. The van der Waals surface area contributed by atoms with Crippen LogP contribution in [0.15, 0.2) is 54.9 Å². The summed E-state index contributed by atoms with van der Waals surface area (Å²) < 4.78 is 0. The predicted octanol–water partition coefficient (Wildman–Crippen LogP) is 3.72. The molecule has 1 aromatic carbocycles. The van der Waals surface area contributed by atoms with E-state index >= 15 is 0 Å². The monoisotopic (exact) mass is 326 g/mol. The van der Waals surface area contributed by atoms with Gasteiger partial charge in [0.05, 0.1) is 6.04 Å². The minimum Gasteiger partial charge on any atom is -0.334 e. The van der Waals surface area contributed by atoms with Crippen molar-refractivity contribution in [2.75, 3.05) is 12.3 Å². The zero-order valence-corrected chi connectivity index (χ0v) is 14.2. The molecule has 2 unspecified atom stereocenters. The highest BCUT2D eigenvalue weighted by atomic mass is 32.2. The van der Waals surface area contributed by atoms with Crippen LogP contribution < -0.4 is 0 Å². The number of carbonyl (C=O) groups is 1. The standard InChI is InChI=1S/C19H22N2OS/c1-15-19(17-5-3-2-4-6-17)21(13-14-23-15)18(22)8-7-16-9-11-20-12-10-16/h2-6,9-12,15,19H,7-8,13-14H2,1H3. The number of amides is 1. The molecule has 0 saturated carbocycles. The molecule has 1 fully saturated rings. The lowest BCUT2D eigenvalue weighted by Gasteiger charge is -2.40. The van der Waals surface area contributed by atoms with Crippen molar-refractivity contribution in [3.8, 4) is 0 Å². The molecular weight excluding hydrogens is 304 g/mol. The lowest BCUT2D eigenvalue weighted by molar-refractivity contribution is -0.133. The van der Waals surface area contributed by atoms with Gasteiger partial charge in [0.25, 0.3) is 0 Å². The van der Waals surface area contributed by atoms with E-state index < -0.39 is 0 Å². The number of hydrogen-bond donors (Lipinski definition) is 0. The molecule has 3 nitrogen and oxygen atoms in total. The molecule has 3 rings (SSSR count). The highest BCUT2D eigenvalue weighted by molar-refractivity contribution is 8.00. The summed E-state index contributed by atoms with van der Waals surface area (Å²) in [6, 6.07) is 14.6. The maximum atomic E-state index is 12.8. The van der Waals surface area contributed by atoms with Gasteiger partial charge in [-0.3, -0.25) is 9.78 Å². The van der Waals surface area contributed by atoms with Crippen LogP contribution in [0.1, 0.15) is 30.5 Å². The van der Waals surface area contributed by atoms with Crippen LogP contribution in [0.2, 0.25) is 0 Å². The lowest BCUT2D eigenvalue weighted by Crippen LogP contribution is -2.44. The van der Waals surface area contributed by atoms with Crippen molar-refractivity contribution in [1.29, 1.82) is 0 Å². The van der Waals surface area contributed by atoms with Gasteiger partial charge < -0.3 is 4.90 Å². The Labute approximate surface area is 142 Å². The summed E-state index contributed by atoms with van der Waals surface area (Å²) in [6.45, 7) is 3.06. The highest BCUT2D eigenvalue weighted by Gasteiger charge is 2.33. The Morgan fingerprint density at radius 1 is 1.22 bits per heavy atom. The number of benzene rings is 1. The van der Waals surface area contributed by atoms with Crippen molar-refractivity contribution in [3.05, 3.63) is 66.0 Å². The van der Waals surface area contributed by atoms with E-state index in [0.29, 0.717) is 11.7 Å². The van der Waals surface area contributed by atoms with Gasteiger partial charge in [-0.1, -0.05) is 37.3 Å². The molecule has 1 saturated heterocycles. The molecule has 4 heteroatoms. The van der Waals surface area contributed by atoms with Gasteiger partial charge in [-0.2, -0.15) is 11.8 Å². The van der Waals surface area contributed by atoms with Crippen LogP contribution in [0, 0.1) is 0 Å². The number of pyridine rings is 1. The summed E-state index contributed by atoms with van der Waals surface area (Å²) in [4.78, 5) is 18.9. The van der Waals surface area contributed by atoms with Gasteiger partial charge >= 0.3 is 0 Å². The molecule has 120 valence electrons. The van der Waals surface area contributed by atoms with Crippen molar-refractivity contribution in [2.45, 2.75) is 31.1 Å². The van der Waals surface area contributed by atoms with E-state index in [2.05, 4.69) is 41.1 Å². The quantitative estimate of drug-likeness (QED) is 0.858. The van der Waals surface area contributed by atoms with E-state index in [1.807, 2.05) is 30.0 Å². The van der Waals surface area contributed by atoms with Crippen molar-refractivity contribution < 1.29 is 4.79 Å². The smallest absolute Gasteiger partial charge is 0.223 e. The van der Waals surface area contributed by atoms with Gasteiger partial charge in [0, 0.05) is 36.4 Å². The topological polar surface area (TPSA) is 33.2 Å². The molecule has 1 aliphatic rings. The molecule has 0 bridgehead atoms. The molecule has 1 aliphatic heterocycles. The molecule has 2 heterocycles. The van der Waals surface area contributed by atoms with Crippen LogP contribution in [-0.4, -0.2) is 33.3 Å². The predicted molar refractivity (Wildman–Crippen MR) is 95.4 cm³/mol. The van der Waals surface area contributed by atoms with E-state index in [1.54, 1.807) is 12.4 Å². The maximum absolute atomic E-state index is 12.8. The molecular formula is C19H22N2OS. The van der Waals surface area contributed by atoms with Crippen LogP contribution in [0.4, 0.5) is 0 Å². The average Bonchev–Trinajstić information content (AvgIpc) is 2.61. The molecule has 23 heavy (non-hydrogen) atoms. The van der Waals surface area contributed by atoms with Crippen molar-refractivity contribution in [2.24, 2.45) is 0 Å². The third kappa shape index (κ3) is 3.94. The molecule has 0 spiro atoms. The van der Waals surface area contributed by atoms with Crippen LogP contribution in [-0.2, 0) is 11.2 Å². The zero-order chi connectivity index (χ0) is 16.1. The maximum Gasteiger partial charge on any atom is 0.223 e. The summed E-state index contributed by atoms with van der Waals surface area (Å²) in [5.74, 6) is 1.27. The Hall–Kier alpha value is -1.81. The van der Waals surface area contributed by atoms with Gasteiger partial charge in [-0.25, -0.2) is 0 Å². The molecule has 2 aromatic rings. The molecule has 0 N–H and O–H groups in total. The van der Waals surface area contributed by atoms with Crippen LogP contribution in [0.5, 0.6) is 0 Å². The summed E-state index contributed by atoms with van der Waals surface area (Å²) >= 11 is 1.95. The summed E-state index contributed by atoms with van der Waals surface area (Å²) in [7, 11) is 0. The first-order valence-corrected chi connectivity index (χ1v) is 9.15. The molecule has 1 aromatic heterocycles. The second kappa shape index (κ2) is 7.64. The second-order valence-electron chi connectivity index (χ2n) is 5.87. The minimum atomic E-state index is 0.180. The summed E-state index contributed by atoms with van der Waals surface area (Å²) in [5.41, 5.74) is 2.41. The molecule has 0 radical (unpaired) electrons. The van der Waals surface area contributed by atoms with E-state index in [1.165, 1.54) is 11.1 Å². The van der Waals surface area contributed by atoms with Crippen LogP contribution in [0.3, 0.4) is 0 Å². The van der Waals surface area contributed by atoms with Crippen LogP contribution >= 0.6 is 11.8 Å². The highest BCUT2D eigenvalue weighted by Crippen LogP contribution is 2.36. The molecule has 2 atom stereocenters. The SMILES string of the molecule is CC1SCCN(C(=O)CCc2ccncc2)C1c1ccccc1. The fourth-order valence-corrected chi connectivity index (χ4v) is 4.31. The first-order chi connectivity index (χ1) is 11.3. The fourth-order valence-electron chi connectivity index (χ4n) is 3.15. The Morgan fingerprint density at radius 3 is 2.70 bits per heavy atom. The van der Waals surface area contributed by atoms with Crippen LogP contribution in [0.25, 0.3) is 0 Å². The minimum absolute atomic E-state index is 0.180. The number of aromatic nitrogens is 1. The Kier molecular flexibility index (Phi) is 5.34. The number of hydrogen-bond acceptors (Lipinski definition) is 3. The first kappa shape index (κ1) is 16.1. The Bertz CT molecular complexity index is 632. The third-order valence-electron chi connectivity index (χ3n) is 4.33. The zero-order valence-electron chi connectivity index (χ0n) is 13.4. The van der Waals surface area contributed by atoms with E-state index in [-0.39, 0.29) is 11.9 Å². The molecule has 1 amide bonds. The number of nitrogens with zero attached hydrogens (tertiary/aromatic N) is 2. The van der Waals surface area contributed by atoms with Gasteiger partial charge in [0.2, 0.25) is 5.91 Å². The van der Waals surface area contributed by atoms with E-state index in [9.17, 15) is 4.79 Å². The number of thioether (sulfide) groups is 1. The fraction of sp³-hybridized carbons (Fsp3) is 0.368. The van der Waals surface area contributed by atoms with E-state index in [0.717, 1.165) is 18.7 Å². The van der Waals surface area contributed by atoms with E-state index in [4.69, 9.17) is 0 Å². The van der Waals surface area contributed by atoms with Gasteiger partial charge in [-0.05, 0) is 29.7 Å². The second-order valence-corrected chi connectivity index (χ2v) is 7.36. The van der Waals surface area contributed by atoms with Gasteiger partial charge in [-0.15, -0.1) is 0 Å². The number of rotatable bonds is 4. The van der Waals surface area contributed by atoms with Gasteiger partial charge in [0.1, 0.15) is 0 Å². The largest absolute Gasteiger partial charge is 0.334 e. The van der Waals surface area contributed by atoms with Gasteiger partial charge in [0.15, 0.2) is 0 Å². The normalized spacial score (nSPS) is 21.2. The number of aryl methyl sites for hydroxylation is 1. The first-order valence-electron chi connectivity index (χ1n) is 8.10. The summed E-state index contributed by atoms with van der Waals surface area (Å²) in [6.07, 6.45) is 4.91. The number of carbonyl (C=O) groups excluding carboxylic acids is 1. The summed E-state index contributed by atoms with van der Waals surface area (Å²) in [5, 5.41) is 0.427. The van der Waals surface area contributed by atoms with Crippen molar-refractivity contribution in [1.82, 2.24) is 9.88 Å². The Morgan fingerprint density at radius 2 is 1.96 bits per heavy atom. The van der Waals surface area contributed by atoms with Crippen molar-refractivity contribution >= 4 is 17.7 Å². The molecule has 0 aliphatic carbocycles. The van der Waals surface area contributed by atoms with Crippen molar-refractivity contribution in [3.63, 3.8) is 0 Å². The average molecular weight is 326 g/mol.